The van der Waals surface area contributed by atoms with Crippen LogP contribution in [0.15, 0.2) is 72.8 Å². The standard InChI is InChI=1S/C25H25N3O/c1-18-7-5-9-20(15-18)17-28-23-12-4-3-11-22(23)27-24(28)13-14-26-25(29)21-10-6-8-19(2)16-21/h3-12,15-16H,13-14,17H2,1-2H3,(H,26,29). The van der Waals surface area contributed by atoms with E-state index in [2.05, 4.69) is 47.1 Å². The number of rotatable bonds is 6. The molecule has 3 aromatic carbocycles. The predicted molar refractivity (Wildman–Crippen MR) is 117 cm³/mol. The number of carbonyl (C=O) groups excluding carboxylic acids is 1. The highest BCUT2D eigenvalue weighted by atomic mass is 16.1. The number of benzene rings is 3. The summed E-state index contributed by atoms with van der Waals surface area (Å²) >= 11 is 0. The first kappa shape index (κ1) is 18.9. The summed E-state index contributed by atoms with van der Waals surface area (Å²) in [6, 6.07) is 24.4. The molecule has 146 valence electrons. The topological polar surface area (TPSA) is 46.9 Å². The van der Waals surface area contributed by atoms with Crippen LogP contribution in [0, 0.1) is 13.8 Å². The number of aromatic nitrogens is 2. The summed E-state index contributed by atoms with van der Waals surface area (Å²) in [6.07, 6.45) is 0.679. The Morgan fingerprint density at radius 2 is 1.69 bits per heavy atom. The van der Waals surface area contributed by atoms with E-state index in [-0.39, 0.29) is 5.91 Å². The number of nitrogens with one attached hydrogen (secondary N) is 1. The molecule has 4 nitrogen and oxygen atoms in total. The molecular weight excluding hydrogens is 358 g/mol. The molecule has 0 aliphatic heterocycles. The third-order valence-corrected chi connectivity index (χ3v) is 5.07. The molecule has 0 aliphatic carbocycles. The minimum Gasteiger partial charge on any atom is -0.352 e. The summed E-state index contributed by atoms with van der Waals surface area (Å²) in [7, 11) is 0. The van der Waals surface area contributed by atoms with Crippen LogP contribution in [0.5, 0.6) is 0 Å². The van der Waals surface area contributed by atoms with Crippen molar-refractivity contribution in [3.05, 3.63) is 101 Å². The van der Waals surface area contributed by atoms with Gasteiger partial charge in [-0.05, 0) is 43.7 Å². The summed E-state index contributed by atoms with van der Waals surface area (Å²) < 4.78 is 2.25. The van der Waals surface area contributed by atoms with Gasteiger partial charge in [-0.15, -0.1) is 0 Å². The largest absolute Gasteiger partial charge is 0.352 e. The van der Waals surface area contributed by atoms with Gasteiger partial charge in [0.25, 0.3) is 5.91 Å². The Labute approximate surface area is 171 Å². The molecule has 0 unspecified atom stereocenters. The highest BCUT2D eigenvalue weighted by Gasteiger charge is 2.12. The van der Waals surface area contributed by atoms with Gasteiger partial charge in [-0.3, -0.25) is 4.79 Å². The summed E-state index contributed by atoms with van der Waals surface area (Å²) in [5, 5.41) is 3.03. The zero-order valence-electron chi connectivity index (χ0n) is 16.9. The molecule has 1 N–H and O–H groups in total. The Kier molecular flexibility index (Phi) is 5.43. The monoisotopic (exact) mass is 383 g/mol. The normalized spacial score (nSPS) is 11.0. The van der Waals surface area contributed by atoms with Gasteiger partial charge < -0.3 is 9.88 Å². The average molecular weight is 383 g/mol. The molecule has 0 aliphatic rings. The molecule has 4 rings (SSSR count). The number of hydrogen-bond acceptors (Lipinski definition) is 2. The summed E-state index contributed by atoms with van der Waals surface area (Å²) in [4.78, 5) is 17.3. The molecule has 0 radical (unpaired) electrons. The van der Waals surface area contributed by atoms with Crippen molar-refractivity contribution < 1.29 is 4.79 Å². The first-order valence-corrected chi connectivity index (χ1v) is 9.95. The van der Waals surface area contributed by atoms with Crippen LogP contribution in [0.2, 0.25) is 0 Å². The number of imidazole rings is 1. The van der Waals surface area contributed by atoms with Crippen molar-refractivity contribution in [2.75, 3.05) is 6.54 Å². The van der Waals surface area contributed by atoms with E-state index in [1.54, 1.807) is 0 Å². The van der Waals surface area contributed by atoms with Gasteiger partial charge >= 0.3 is 0 Å². The van der Waals surface area contributed by atoms with Gasteiger partial charge in [0.1, 0.15) is 5.82 Å². The third kappa shape index (κ3) is 4.37. The lowest BCUT2D eigenvalue weighted by Gasteiger charge is -2.11. The maximum Gasteiger partial charge on any atom is 0.251 e. The molecule has 4 heteroatoms. The minimum atomic E-state index is -0.0463. The molecule has 1 aromatic heterocycles. The molecule has 0 bridgehead atoms. The fourth-order valence-corrected chi connectivity index (χ4v) is 3.66. The van der Waals surface area contributed by atoms with Crippen molar-refractivity contribution in [2.45, 2.75) is 26.8 Å². The van der Waals surface area contributed by atoms with Crippen LogP contribution < -0.4 is 5.32 Å². The van der Waals surface area contributed by atoms with E-state index in [4.69, 9.17) is 4.98 Å². The van der Waals surface area contributed by atoms with Crippen LogP contribution in [-0.4, -0.2) is 22.0 Å². The summed E-state index contributed by atoms with van der Waals surface area (Å²) in [5.74, 6) is 0.937. The Morgan fingerprint density at radius 1 is 0.931 bits per heavy atom. The number of carbonyl (C=O) groups is 1. The van der Waals surface area contributed by atoms with Crippen LogP contribution in [0.3, 0.4) is 0 Å². The lowest BCUT2D eigenvalue weighted by Crippen LogP contribution is -2.26. The number of nitrogens with zero attached hydrogens (tertiary/aromatic N) is 2. The van der Waals surface area contributed by atoms with E-state index >= 15 is 0 Å². The molecule has 29 heavy (non-hydrogen) atoms. The smallest absolute Gasteiger partial charge is 0.251 e. The van der Waals surface area contributed by atoms with Gasteiger partial charge in [0.2, 0.25) is 0 Å². The zero-order chi connectivity index (χ0) is 20.2. The van der Waals surface area contributed by atoms with E-state index in [0.717, 1.165) is 29.0 Å². The molecule has 0 saturated carbocycles. The number of hydrogen-bond donors (Lipinski definition) is 1. The quantitative estimate of drug-likeness (QED) is 0.526. The first-order chi connectivity index (χ1) is 14.1. The maximum absolute atomic E-state index is 12.4. The van der Waals surface area contributed by atoms with Crippen molar-refractivity contribution in [3.63, 3.8) is 0 Å². The molecular formula is C25H25N3O. The maximum atomic E-state index is 12.4. The lowest BCUT2D eigenvalue weighted by molar-refractivity contribution is 0.0954. The van der Waals surface area contributed by atoms with Gasteiger partial charge in [-0.1, -0.05) is 59.7 Å². The van der Waals surface area contributed by atoms with Gasteiger partial charge in [0.15, 0.2) is 0 Å². The first-order valence-electron chi connectivity index (χ1n) is 9.95. The van der Waals surface area contributed by atoms with Crippen LogP contribution in [-0.2, 0) is 13.0 Å². The van der Waals surface area contributed by atoms with Crippen LogP contribution in [0.25, 0.3) is 11.0 Å². The fraction of sp³-hybridized carbons (Fsp3) is 0.200. The molecule has 0 fully saturated rings. The van der Waals surface area contributed by atoms with Crippen molar-refractivity contribution in [2.24, 2.45) is 0 Å². The van der Waals surface area contributed by atoms with E-state index in [1.165, 1.54) is 11.1 Å². The van der Waals surface area contributed by atoms with Crippen molar-refractivity contribution in [3.8, 4) is 0 Å². The fourth-order valence-electron chi connectivity index (χ4n) is 3.66. The van der Waals surface area contributed by atoms with Crippen molar-refractivity contribution >= 4 is 16.9 Å². The Hall–Kier alpha value is -3.40. The van der Waals surface area contributed by atoms with E-state index in [1.807, 2.05) is 49.4 Å². The third-order valence-electron chi connectivity index (χ3n) is 5.07. The second-order valence-electron chi connectivity index (χ2n) is 7.47. The molecule has 1 amide bonds. The minimum absolute atomic E-state index is 0.0463. The average Bonchev–Trinajstić information content (AvgIpc) is 3.05. The lowest BCUT2D eigenvalue weighted by atomic mass is 10.1. The number of amides is 1. The van der Waals surface area contributed by atoms with Gasteiger partial charge in [-0.25, -0.2) is 4.98 Å². The van der Waals surface area contributed by atoms with Crippen molar-refractivity contribution in [1.82, 2.24) is 14.9 Å². The predicted octanol–water partition coefficient (Wildman–Crippen LogP) is 4.67. The van der Waals surface area contributed by atoms with Gasteiger partial charge in [0, 0.05) is 25.1 Å². The second kappa shape index (κ2) is 8.31. The second-order valence-corrected chi connectivity index (χ2v) is 7.47. The number of aryl methyl sites for hydroxylation is 2. The molecule has 4 aromatic rings. The van der Waals surface area contributed by atoms with E-state index in [9.17, 15) is 4.79 Å². The van der Waals surface area contributed by atoms with E-state index < -0.39 is 0 Å². The summed E-state index contributed by atoms with van der Waals surface area (Å²) in [6.45, 7) is 5.41. The Bertz CT molecular complexity index is 1160. The Balaban J connectivity index is 1.53. The molecule has 0 saturated heterocycles. The molecule has 1 heterocycles. The van der Waals surface area contributed by atoms with Crippen LogP contribution in [0.4, 0.5) is 0 Å². The highest BCUT2D eigenvalue weighted by Crippen LogP contribution is 2.19. The SMILES string of the molecule is Cc1cccc(Cn2c(CCNC(=O)c3cccc(C)c3)nc3ccccc32)c1. The van der Waals surface area contributed by atoms with Gasteiger partial charge in [0.05, 0.1) is 11.0 Å². The number of fused-ring (bicyclic) bond motifs is 1. The highest BCUT2D eigenvalue weighted by molar-refractivity contribution is 5.94. The Morgan fingerprint density at radius 3 is 2.48 bits per heavy atom. The molecule has 0 spiro atoms. The molecule has 0 atom stereocenters. The van der Waals surface area contributed by atoms with E-state index in [0.29, 0.717) is 18.5 Å². The summed E-state index contributed by atoms with van der Waals surface area (Å²) in [5.41, 5.74) is 6.38. The van der Waals surface area contributed by atoms with Gasteiger partial charge in [-0.2, -0.15) is 0 Å². The number of para-hydroxylation sites is 2. The van der Waals surface area contributed by atoms with Crippen LogP contribution in [0.1, 0.15) is 32.9 Å². The van der Waals surface area contributed by atoms with Crippen LogP contribution >= 0.6 is 0 Å². The van der Waals surface area contributed by atoms with Crippen molar-refractivity contribution in [1.29, 1.82) is 0 Å². The zero-order valence-corrected chi connectivity index (χ0v) is 16.9.